The number of hydrogen-bond acceptors (Lipinski definition) is 17. The molecule has 0 aromatic heterocycles. The molecule has 17 heteroatoms. The van der Waals surface area contributed by atoms with Gasteiger partial charge in [0.1, 0.15) is 54.4 Å². The van der Waals surface area contributed by atoms with E-state index in [1.807, 2.05) is 6.92 Å². The number of hydrogen-bond donors (Lipinski definition) is 12. The second kappa shape index (κ2) is 14.2. The average Bonchev–Trinajstić information content (AvgIpc) is 2.95. The van der Waals surface area contributed by atoms with Crippen LogP contribution in [0.4, 0.5) is 0 Å². The molecule has 4 fully saturated rings. The highest BCUT2D eigenvalue weighted by Crippen LogP contribution is 2.39. The van der Waals surface area contributed by atoms with Crippen LogP contribution in [0.3, 0.4) is 0 Å². The summed E-state index contributed by atoms with van der Waals surface area (Å²) < 4.78 is 23.5. The van der Waals surface area contributed by atoms with Crippen molar-refractivity contribution in [3.8, 4) is 0 Å². The molecule has 4 aliphatic rings. The van der Waals surface area contributed by atoms with E-state index in [-0.39, 0.29) is 38.3 Å². The molecule has 15 atom stereocenters. The van der Waals surface area contributed by atoms with Crippen molar-refractivity contribution in [3.63, 3.8) is 0 Å². The number of Topliss-reactive ketones (excluding diaryl/α,β-unsaturated/α-hetero) is 1. The zero-order chi connectivity index (χ0) is 31.8. The molecule has 2 saturated carbocycles. The van der Waals surface area contributed by atoms with Gasteiger partial charge in [0.2, 0.25) is 0 Å². The SMILES string of the molecule is CCNC[C@H]1O[C@H](OC2[C@@H](N)C[C@@H](CC(=O)C3(O)CC(N)C3)[C@H](O[C@H]3O[C@H](CO)[C@@H](O)[C@H](N)[C@H]3O)[C@H]2O)[C@H](N)[C@@H](O)[C@@H]1O. The van der Waals surface area contributed by atoms with Crippen molar-refractivity contribution in [2.45, 2.75) is 130 Å². The Labute approximate surface area is 249 Å². The first-order valence-corrected chi connectivity index (χ1v) is 14.8. The van der Waals surface area contributed by atoms with Crippen LogP contribution in [-0.4, -0.2) is 159 Å². The monoisotopic (exact) mass is 623 g/mol. The number of likely N-dealkylation sites (N-methyl/N-ethyl adjacent to an activating group) is 1. The summed E-state index contributed by atoms with van der Waals surface area (Å²) >= 11 is 0. The summed E-state index contributed by atoms with van der Waals surface area (Å²) in [5, 5.41) is 76.9. The summed E-state index contributed by atoms with van der Waals surface area (Å²) in [5.41, 5.74) is 22.7. The zero-order valence-electron chi connectivity index (χ0n) is 24.2. The molecule has 43 heavy (non-hydrogen) atoms. The Hall–Kier alpha value is -0.970. The molecule has 2 aliphatic heterocycles. The number of ether oxygens (including phenoxy) is 4. The quantitative estimate of drug-likeness (QED) is 0.102. The van der Waals surface area contributed by atoms with E-state index in [9.17, 15) is 40.5 Å². The fourth-order valence-corrected chi connectivity index (χ4v) is 6.44. The number of nitrogens with one attached hydrogen (secondary N) is 1. The van der Waals surface area contributed by atoms with E-state index >= 15 is 0 Å². The topological polar surface area (TPSA) is 312 Å². The van der Waals surface area contributed by atoms with Gasteiger partial charge in [0.25, 0.3) is 0 Å². The molecule has 4 rings (SSSR count). The van der Waals surface area contributed by atoms with Crippen LogP contribution in [0.1, 0.15) is 32.6 Å². The molecule has 2 heterocycles. The molecule has 16 N–H and O–H groups in total. The third-order valence-electron chi connectivity index (χ3n) is 9.16. The lowest BCUT2D eigenvalue weighted by molar-refractivity contribution is -0.323. The molecule has 0 spiro atoms. The molecule has 0 amide bonds. The molecule has 2 aliphatic carbocycles. The van der Waals surface area contributed by atoms with Gasteiger partial charge in [0, 0.05) is 25.0 Å². The molecule has 0 radical (unpaired) electrons. The highest BCUT2D eigenvalue weighted by Gasteiger charge is 2.54. The number of rotatable bonds is 11. The summed E-state index contributed by atoms with van der Waals surface area (Å²) in [7, 11) is 0. The van der Waals surface area contributed by atoms with Gasteiger partial charge >= 0.3 is 0 Å². The molecule has 17 nitrogen and oxygen atoms in total. The highest BCUT2D eigenvalue weighted by atomic mass is 16.7. The van der Waals surface area contributed by atoms with Crippen LogP contribution in [0, 0.1) is 5.92 Å². The maximum Gasteiger partial charge on any atom is 0.186 e. The molecule has 0 aromatic carbocycles. The maximum atomic E-state index is 13.1. The molecule has 1 unspecified atom stereocenters. The zero-order valence-corrected chi connectivity index (χ0v) is 24.2. The summed E-state index contributed by atoms with van der Waals surface area (Å²) in [6, 6.07) is -3.71. The summed E-state index contributed by atoms with van der Waals surface area (Å²) in [4.78, 5) is 13.1. The molecule has 0 bridgehead atoms. The van der Waals surface area contributed by atoms with Gasteiger partial charge in [0.15, 0.2) is 18.4 Å². The van der Waals surface area contributed by atoms with Crippen molar-refractivity contribution in [1.82, 2.24) is 5.32 Å². The predicted octanol–water partition coefficient (Wildman–Crippen LogP) is -6.57. The fraction of sp³-hybridized carbons (Fsp3) is 0.962. The number of ketones is 1. The van der Waals surface area contributed by atoms with Crippen molar-refractivity contribution in [1.29, 1.82) is 0 Å². The van der Waals surface area contributed by atoms with Crippen LogP contribution in [0.2, 0.25) is 0 Å². The van der Waals surface area contributed by atoms with Crippen LogP contribution in [0.25, 0.3) is 0 Å². The van der Waals surface area contributed by atoms with Gasteiger partial charge in [0.05, 0.1) is 24.8 Å². The lowest BCUT2D eigenvalue weighted by atomic mass is 9.69. The Morgan fingerprint density at radius 2 is 1.49 bits per heavy atom. The Balaban J connectivity index is 1.55. The predicted molar refractivity (Wildman–Crippen MR) is 147 cm³/mol. The van der Waals surface area contributed by atoms with Gasteiger partial charge in [-0.25, -0.2) is 0 Å². The van der Waals surface area contributed by atoms with E-state index < -0.39 is 110 Å². The Bertz CT molecular complexity index is 931. The number of carbonyl (C=O) groups is 1. The van der Waals surface area contributed by atoms with E-state index in [0.717, 1.165) is 0 Å². The van der Waals surface area contributed by atoms with Crippen LogP contribution >= 0.6 is 0 Å². The third kappa shape index (κ3) is 7.22. The fourth-order valence-electron chi connectivity index (χ4n) is 6.44. The summed E-state index contributed by atoms with van der Waals surface area (Å²) in [5.74, 6) is -1.32. The second-order valence-electron chi connectivity index (χ2n) is 12.4. The van der Waals surface area contributed by atoms with Crippen molar-refractivity contribution in [3.05, 3.63) is 0 Å². The van der Waals surface area contributed by atoms with Gasteiger partial charge in [-0.05, 0) is 31.7 Å². The average molecular weight is 624 g/mol. The smallest absolute Gasteiger partial charge is 0.186 e. The second-order valence-corrected chi connectivity index (χ2v) is 12.4. The molecular formula is C26H49N5O12. The molecular weight excluding hydrogens is 574 g/mol. The standard InChI is InChI=1S/C26H49N5O12/c1-2-31-7-12-18(35)19(36)16(30)24(40-12)43-23-11(28)3-9(4-14(33)26(39)5-10(27)6-26)22(21(23)38)42-25-20(37)15(29)17(34)13(8-32)41-25/h9-13,15-25,31-32,34-39H,2-8,27-30H2,1H3/t9-,10?,11-,12+,13+,15-,16+,17+,18+,19+,20+,21+,22-,23?,24+,25+,26?/m0/s1. The van der Waals surface area contributed by atoms with E-state index in [1.54, 1.807) is 0 Å². The van der Waals surface area contributed by atoms with E-state index in [0.29, 0.717) is 6.54 Å². The highest BCUT2D eigenvalue weighted by molar-refractivity contribution is 5.88. The lowest BCUT2D eigenvalue weighted by Gasteiger charge is -2.49. The minimum atomic E-state index is -1.62. The van der Waals surface area contributed by atoms with Crippen LogP contribution < -0.4 is 28.3 Å². The van der Waals surface area contributed by atoms with Gasteiger partial charge in [-0.15, -0.1) is 0 Å². The minimum absolute atomic E-state index is 0.0368. The summed E-state index contributed by atoms with van der Waals surface area (Å²) in [6.45, 7) is 1.96. The number of carbonyl (C=O) groups excluding carboxylic acids is 1. The number of aliphatic hydroxyl groups excluding tert-OH is 6. The van der Waals surface area contributed by atoms with Crippen LogP contribution in [0.5, 0.6) is 0 Å². The Morgan fingerprint density at radius 3 is 2.09 bits per heavy atom. The van der Waals surface area contributed by atoms with Crippen LogP contribution in [0.15, 0.2) is 0 Å². The van der Waals surface area contributed by atoms with E-state index in [2.05, 4.69) is 5.32 Å². The number of aliphatic hydroxyl groups is 7. The Morgan fingerprint density at radius 1 is 0.860 bits per heavy atom. The normalized spacial score (nSPS) is 50.7. The van der Waals surface area contributed by atoms with E-state index in [1.165, 1.54) is 0 Å². The Kier molecular flexibility index (Phi) is 11.5. The first kappa shape index (κ1) is 34.9. The van der Waals surface area contributed by atoms with Crippen molar-refractivity contribution in [2.24, 2.45) is 28.9 Å². The molecule has 250 valence electrons. The largest absolute Gasteiger partial charge is 0.394 e. The van der Waals surface area contributed by atoms with Crippen LogP contribution in [-0.2, 0) is 23.7 Å². The minimum Gasteiger partial charge on any atom is -0.394 e. The first-order valence-electron chi connectivity index (χ1n) is 14.8. The van der Waals surface area contributed by atoms with Gasteiger partial charge in [-0.2, -0.15) is 0 Å². The van der Waals surface area contributed by atoms with Crippen molar-refractivity contribution >= 4 is 5.78 Å². The maximum absolute atomic E-state index is 13.1. The summed E-state index contributed by atoms with van der Waals surface area (Å²) in [6.07, 6.45) is -14.8. The third-order valence-corrected chi connectivity index (χ3v) is 9.16. The lowest BCUT2D eigenvalue weighted by Crippen LogP contribution is -2.68. The molecule has 0 aromatic rings. The van der Waals surface area contributed by atoms with Gasteiger partial charge in [-0.1, -0.05) is 6.92 Å². The van der Waals surface area contributed by atoms with E-state index in [4.69, 9.17) is 41.9 Å². The van der Waals surface area contributed by atoms with Gasteiger partial charge < -0.3 is 82.9 Å². The number of nitrogens with two attached hydrogens (primary N) is 4. The first-order chi connectivity index (χ1) is 20.2. The van der Waals surface area contributed by atoms with Gasteiger partial charge in [-0.3, -0.25) is 4.79 Å². The molecule has 2 saturated heterocycles. The van der Waals surface area contributed by atoms with Crippen molar-refractivity contribution in [2.75, 3.05) is 19.7 Å². The van der Waals surface area contributed by atoms with Crippen molar-refractivity contribution < 1.29 is 59.5 Å².